The van der Waals surface area contributed by atoms with Gasteiger partial charge in [0.1, 0.15) is 11.4 Å². The maximum atomic E-state index is 5.34. The number of hydrogen-bond donors (Lipinski definition) is 1. The van der Waals surface area contributed by atoms with Crippen molar-refractivity contribution in [1.82, 2.24) is 9.97 Å². The van der Waals surface area contributed by atoms with Crippen LogP contribution in [0.2, 0.25) is 0 Å². The Balaban J connectivity index is 3.07. The van der Waals surface area contributed by atoms with Gasteiger partial charge in [-0.25, -0.2) is 9.97 Å². The van der Waals surface area contributed by atoms with E-state index in [2.05, 4.69) is 37.9 Å². The van der Waals surface area contributed by atoms with Crippen LogP contribution >= 0.6 is 22.6 Å². The number of rotatable bonds is 4. The summed E-state index contributed by atoms with van der Waals surface area (Å²) in [6, 6.07) is 0. The Morgan fingerprint density at radius 2 is 2.20 bits per heavy atom. The first-order valence-corrected chi connectivity index (χ1v) is 5.91. The third kappa shape index (κ3) is 3.01. The van der Waals surface area contributed by atoms with Gasteiger partial charge in [-0.05, 0) is 43.4 Å². The lowest BCUT2D eigenvalue weighted by Gasteiger charge is -2.21. The Bertz CT molecular complexity index is 341. The van der Waals surface area contributed by atoms with Gasteiger partial charge in [0.25, 0.3) is 0 Å². The van der Waals surface area contributed by atoms with Gasteiger partial charge in [-0.3, -0.25) is 0 Å². The van der Waals surface area contributed by atoms with Crippen LogP contribution in [0.1, 0.15) is 26.6 Å². The van der Waals surface area contributed by atoms with Gasteiger partial charge in [-0.1, -0.05) is 0 Å². The maximum absolute atomic E-state index is 5.34. The highest BCUT2D eigenvalue weighted by Crippen LogP contribution is 2.23. The standard InChI is InChI=1S/C10H16IN3O/c1-5-12-8-7(11)6-13-9(14-8)10(2,3)15-4/h6H,5H2,1-4H3,(H,12,13,14). The van der Waals surface area contributed by atoms with Crippen molar-refractivity contribution in [3.05, 3.63) is 15.6 Å². The molecular weight excluding hydrogens is 305 g/mol. The van der Waals surface area contributed by atoms with Crippen LogP contribution in [0.4, 0.5) is 5.82 Å². The molecule has 5 heteroatoms. The van der Waals surface area contributed by atoms with Gasteiger partial charge < -0.3 is 10.1 Å². The monoisotopic (exact) mass is 321 g/mol. The fourth-order valence-corrected chi connectivity index (χ4v) is 1.49. The second-order valence-corrected chi connectivity index (χ2v) is 4.80. The summed E-state index contributed by atoms with van der Waals surface area (Å²) in [4.78, 5) is 8.73. The Morgan fingerprint density at radius 1 is 1.53 bits per heavy atom. The Hall–Kier alpha value is -0.430. The average molecular weight is 321 g/mol. The number of hydrogen-bond acceptors (Lipinski definition) is 4. The van der Waals surface area contributed by atoms with Gasteiger partial charge in [0.2, 0.25) is 0 Å². The lowest BCUT2D eigenvalue weighted by atomic mass is 10.1. The van der Waals surface area contributed by atoms with Gasteiger partial charge in [0.05, 0.1) is 3.57 Å². The Kier molecular flexibility index (Phi) is 4.27. The summed E-state index contributed by atoms with van der Waals surface area (Å²) in [5.41, 5.74) is -0.450. The zero-order valence-electron chi connectivity index (χ0n) is 9.47. The van der Waals surface area contributed by atoms with Crippen LogP contribution in [-0.4, -0.2) is 23.6 Å². The van der Waals surface area contributed by atoms with Crippen molar-refractivity contribution in [3.8, 4) is 0 Å². The topological polar surface area (TPSA) is 47.0 Å². The molecule has 0 radical (unpaired) electrons. The van der Waals surface area contributed by atoms with Crippen LogP contribution in [0.15, 0.2) is 6.20 Å². The van der Waals surface area contributed by atoms with Gasteiger partial charge in [-0.2, -0.15) is 0 Å². The van der Waals surface area contributed by atoms with Crippen molar-refractivity contribution >= 4 is 28.4 Å². The number of halogens is 1. The number of ether oxygens (including phenoxy) is 1. The Morgan fingerprint density at radius 3 is 2.73 bits per heavy atom. The lowest BCUT2D eigenvalue weighted by Crippen LogP contribution is -2.23. The summed E-state index contributed by atoms with van der Waals surface area (Å²) in [7, 11) is 1.66. The van der Waals surface area contributed by atoms with Crippen molar-refractivity contribution in [2.24, 2.45) is 0 Å². The molecule has 0 amide bonds. The van der Waals surface area contributed by atoms with E-state index in [4.69, 9.17) is 4.74 Å². The molecule has 84 valence electrons. The molecular formula is C10H16IN3O. The van der Waals surface area contributed by atoms with Crippen molar-refractivity contribution in [1.29, 1.82) is 0 Å². The molecule has 0 fully saturated rings. The first-order valence-electron chi connectivity index (χ1n) is 4.83. The van der Waals surface area contributed by atoms with Crippen molar-refractivity contribution < 1.29 is 4.74 Å². The molecule has 1 heterocycles. The minimum Gasteiger partial charge on any atom is -0.371 e. The average Bonchev–Trinajstić information content (AvgIpc) is 2.21. The van der Waals surface area contributed by atoms with Gasteiger partial charge in [0.15, 0.2) is 5.82 Å². The second kappa shape index (κ2) is 5.07. The molecule has 1 aromatic heterocycles. The number of methoxy groups -OCH3 is 1. The van der Waals surface area contributed by atoms with E-state index in [0.717, 1.165) is 15.9 Å². The predicted octanol–water partition coefficient (Wildman–Crippen LogP) is 2.39. The molecule has 1 rings (SSSR count). The number of anilines is 1. The number of nitrogens with zero attached hydrogens (tertiary/aromatic N) is 2. The van der Waals surface area contributed by atoms with Crippen LogP contribution in [-0.2, 0) is 10.3 Å². The van der Waals surface area contributed by atoms with Gasteiger partial charge in [-0.15, -0.1) is 0 Å². The van der Waals surface area contributed by atoms with Crippen LogP contribution in [0.3, 0.4) is 0 Å². The molecule has 0 aliphatic heterocycles. The van der Waals surface area contributed by atoms with Crippen LogP contribution in [0, 0.1) is 3.57 Å². The van der Waals surface area contributed by atoms with Crippen molar-refractivity contribution in [2.45, 2.75) is 26.4 Å². The summed E-state index contributed by atoms with van der Waals surface area (Å²) in [5.74, 6) is 1.56. The first kappa shape index (κ1) is 12.6. The normalized spacial score (nSPS) is 11.5. The summed E-state index contributed by atoms with van der Waals surface area (Å²) in [5, 5.41) is 3.20. The van der Waals surface area contributed by atoms with E-state index in [1.807, 2.05) is 27.0 Å². The fourth-order valence-electron chi connectivity index (χ4n) is 1.04. The molecule has 0 aliphatic carbocycles. The molecule has 0 spiro atoms. The molecule has 0 atom stereocenters. The number of aromatic nitrogens is 2. The van der Waals surface area contributed by atoms with Crippen molar-refractivity contribution in [3.63, 3.8) is 0 Å². The van der Waals surface area contributed by atoms with E-state index in [9.17, 15) is 0 Å². The third-order valence-corrected chi connectivity index (χ3v) is 2.93. The highest BCUT2D eigenvalue weighted by Gasteiger charge is 2.23. The molecule has 15 heavy (non-hydrogen) atoms. The first-order chi connectivity index (χ1) is 7.01. The van der Waals surface area contributed by atoms with Crippen LogP contribution in [0.25, 0.3) is 0 Å². The predicted molar refractivity (Wildman–Crippen MR) is 68.9 cm³/mol. The Labute approximate surface area is 104 Å². The minimum atomic E-state index is -0.450. The molecule has 1 N–H and O–H groups in total. The number of nitrogens with one attached hydrogen (secondary N) is 1. The molecule has 4 nitrogen and oxygen atoms in total. The lowest BCUT2D eigenvalue weighted by molar-refractivity contribution is 0.0115. The summed E-state index contributed by atoms with van der Waals surface area (Å²) >= 11 is 2.21. The maximum Gasteiger partial charge on any atom is 0.162 e. The van der Waals surface area contributed by atoms with E-state index in [1.165, 1.54) is 0 Å². The molecule has 1 aromatic rings. The van der Waals surface area contributed by atoms with E-state index in [1.54, 1.807) is 7.11 Å². The molecule has 0 saturated heterocycles. The molecule has 0 saturated carbocycles. The zero-order chi connectivity index (χ0) is 11.5. The van der Waals surface area contributed by atoms with Gasteiger partial charge >= 0.3 is 0 Å². The smallest absolute Gasteiger partial charge is 0.162 e. The molecule has 0 aromatic carbocycles. The summed E-state index contributed by atoms with van der Waals surface area (Å²) in [6.45, 7) is 6.79. The summed E-state index contributed by atoms with van der Waals surface area (Å²) in [6.07, 6.45) is 1.81. The SMILES string of the molecule is CCNc1nc(C(C)(C)OC)ncc1I. The van der Waals surface area contributed by atoms with E-state index in [0.29, 0.717) is 5.82 Å². The largest absolute Gasteiger partial charge is 0.371 e. The van der Waals surface area contributed by atoms with Crippen LogP contribution < -0.4 is 5.32 Å². The van der Waals surface area contributed by atoms with E-state index < -0.39 is 5.60 Å². The quantitative estimate of drug-likeness (QED) is 0.865. The minimum absolute atomic E-state index is 0.450. The van der Waals surface area contributed by atoms with E-state index >= 15 is 0 Å². The third-order valence-electron chi connectivity index (χ3n) is 2.14. The zero-order valence-corrected chi connectivity index (χ0v) is 11.6. The van der Waals surface area contributed by atoms with Crippen molar-refractivity contribution in [2.75, 3.05) is 19.0 Å². The molecule has 0 unspecified atom stereocenters. The van der Waals surface area contributed by atoms with E-state index in [-0.39, 0.29) is 0 Å². The molecule has 0 bridgehead atoms. The summed E-state index contributed by atoms with van der Waals surface area (Å²) < 4.78 is 6.36. The fraction of sp³-hybridized carbons (Fsp3) is 0.600. The highest BCUT2D eigenvalue weighted by molar-refractivity contribution is 14.1. The second-order valence-electron chi connectivity index (χ2n) is 3.63. The van der Waals surface area contributed by atoms with Crippen LogP contribution in [0.5, 0.6) is 0 Å². The molecule has 0 aliphatic rings. The van der Waals surface area contributed by atoms with Gasteiger partial charge in [0, 0.05) is 19.9 Å². The highest BCUT2D eigenvalue weighted by atomic mass is 127.